The largest absolute Gasteiger partial charge is 0.349 e. The maximum absolute atomic E-state index is 12.6. The highest BCUT2D eigenvalue weighted by molar-refractivity contribution is 5.97. The third-order valence-electron chi connectivity index (χ3n) is 6.26. The first-order chi connectivity index (χ1) is 15.5. The van der Waals surface area contributed by atoms with Crippen molar-refractivity contribution in [3.8, 4) is 0 Å². The minimum Gasteiger partial charge on any atom is -0.349 e. The Hall–Kier alpha value is -2.70. The Labute approximate surface area is 191 Å². The molecule has 1 saturated carbocycles. The fourth-order valence-corrected chi connectivity index (χ4v) is 4.37. The molecule has 32 heavy (non-hydrogen) atoms. The highest BCUT2D eigenvalue weighted by atomic mass is 16.2. The number of rotatable bonds is 9. The topological polar surface area (TPSA) is 64.7 Å². The number of nitrogens with one attached hydrogen (secondary N) is 2. The van der Waals surface area contributed by atoms with Crippen LogP contribution in [0.4, 0.5) is 5.69 Å². The van der Waals surface area contributed by atoms with E-state index in [2.05, 4.69) is 57.8 Å². The number of carbonyl (C=O) groups excluding carboxylic acids is 2. The summed E-state index contributed by atoms with van der Waals surface area (Å²) in [5.41, 5.74) is 2.62. The molecular formula is C26H34N4O2. The van der Waals surface area contributed by atoms with Gasteiger partial charge in [0.2, 0.25) is 5.91 Å². The zero-order valence-corrected chi connectivity index (χ0v) is 18.9. The summed E-state index contributed by atoms with van der Waals surface area (Å²) in [6.45, 7) is 4.35. The molecule has 2 aromatic carbocycles. The van der Waals surface area contributed by atoms with Gasteiger partial charge in [-0.05, 0) is 75.5 Å². The summed E-state index contributed by atoms with van der Waals surface area (Å²) in [4.78, 5) is 29.4. The fraction of sp³-hybridized carbons (Fsp3) is 0.462. The van der Waals surface area contributed by atoms with Crippen molar-refractivity contribution in [3.05, 3.63) is 65.7 Å². The predicted molar refractivity (Wildman–Crippen MR) is 127 cm³/mol. The number of amides is 2. The maximum Gasteiger partial charge on any atom is 0.251 e. The molecule has 1 heterocycles. The molecule has 0 aromatic heterocycles. The Kier molecular flexibility index (Phi) is 7.55. The predicted octanol–water partition coefficient (Wildman–Crippen LogP) is 3.36. The Bertz CT molecular complexity index is 905. The van der Waals surface area contributed by atoms with Crippen LogP contribution in [0.25, 0.3) is 0 Å². The van der Waals surface area contributed by atoms with Gasteiger partial charge in [-0.1, -0.05) is 36.4 Å². The van der Waals surface area contributed by atoms with Crippen LogP contribution < -0.4 is 10.6 Å². The minimum atomic E-state index is -0.0668. The smallest absolute Gasteiger partial charge is 0.251 e. The van der Waals surface area contributed by atoms with Crippen LogP contribution in [0.15, 0.2) is 54.6 Å². The van der Waals surface area contributed by atoms with E-state index in [0.29, 0.717) is 29.8 Å². The maximum atomic E-state index is 12.6. The number of hydrogen-bond donors (Lipinski definition) is 2. The molecule has 2 fully saturated rings. The summed E-state index contributed by atoms with van der Waals surface area (Å²) >= 11 is 0. The second kappa shape index (κ2) is 10.7. The van der Waals surface area contributed by atoms with Gasteiger partial charge in [0.15, 0.2) is 0 Å². The molecule has 6 heteroatoms. The minimum absolute atomic E-state index is 0.0237. The lowest BCUT2D eigenvalue weighted by atomic mass is 9.96. The third-order valence-corrected chi connectivity index (χ3v) is 6.26. The van der Waals surface area contributed by atoms with Crippen molar-refractivity contribution in [1.82, 2.24) is 15.1 Å². The van der Waals surface area contributed by atoms with Crippen LogP contribution in [0.5, 0.6) is 0 Å². The van der Waals surface area contributed by atoms with E-state index >= 15 is 0 Å². The number of likely N-dealkylation sites (tertiary alicyclic amines) is 1. The van der Waals surface area contributed by atoms with Crippen LogP contribution in [0.2, 0.25) is 0 Å². The highest BCUT2D eigenvalue weighted by Gasteiger charge is 2.24. The first-order valence-electron chi connectivity index (χ1n) is 11.7. The van der Waals surface area contributed by atoms with Crippen LogP contribution in [0.3, 0.4) is 0 Å². The number of nitrogens with zero attached hydrogens (tertiary/aromatic N) is 2. The number of benzene rings is 2. The van der Waals surface area contributed by atoms with Crippen LogP contribution in [-0.2, 0) is 11.3 Å². The number of carbonyl (C=O) groups is 2. The van der Waals surface area contributed by atoms with Gasteiger partial charge in [0, 0.05) is 30.4 Å². The van der Waals surface area contributed by atoms with Crippen LogP contribution in [-0.4, -0.2) is 60.9 Å². The van der Waals surface area contributed by atoms with Crippen LogP contribution in [0.1, 0.15) is 41.6 Å². The molecule has 0 spiro atoms. The van der Waals surface area contributed by atoms with Crippen molar-refractivity contribution < 1.29 is 9.59 Å². The Morgan fingerprint density at radius 1 is 1.00 bits per heavy atom. The van der Waals surface area contributed by atoms with Crippen molar-refractivity contribution >= 4 is 17.5 Å². The van der Waals surface area contributed by atoms with E-state index in [0.717, 1.165) is 51.9 Å². The molecule has 1 aliphatic heterocycles. The van der Waals surface area contributed by atoms with E-state index in [9.17, 15) is 9.59 Å². The molecule has 6 nitrogen and oxygen atoms in total. The molecule has 2 amide bonds. The third kappa shape index (κ3) is 6.90. The summed E-state index contributed by atoms with van der Waals surface area (Å²) in [5.74, 6) is 0.581. The molecule has 4 rings (SSSR count). The van der Waals surface area contributed by atoms with E-state index in [-0.39, 0.29) is 11.8 Å². The SMILES string of the molecule is CN(Cc1ccccc1)CC1CCN(CC(=O)Nc2cccc(C(=O)NC3CC3)c2)CC1. The average molecular weight is 435 g/mol. The molecular weight excluding hydrogens is 400 g/mol. The van der Waals surface area contributed by atoms with E-state index in [4.69, 9.17) is 0 Å². The monoisotopic (exact) mass is 434 g/mol. The molecule has 0 radical (unpaired) electrons. The summed E-state index contributed by atoms with van der Waals surface area (Å²) in [6.07, 6.45) is 4.34. The molecule has 0 unspecified atom stereocenters. The highest BCUT2D eigenvalue weighted by Crippen LogP contribution is 2.21. The van der Waals surface area contributed by atoms with Gasteiger partial charge in [-0.25, -0.2) is 0 Å². The van der Waals surface area contributed by atoms with Crippen molar-refractivity contribution in [2.75, 3.05) is 38.5 Å². The molecule has 0 atom stereocenters. The molecule has 1 aliphatic carbocycles. The second-order valence-electron chi connectivity index (χ2n) is 9.28. The van der Waals surface area contributed by atoms with Gasteiger partial charge in [-0.2, -0.15) is 0 Å². The molecule has 2 N–H and O–H groups in total. The zero-order chi connectivity index (χ0) is 22.3. The molecule has 0 bridgehead atoms. The lowest BCUT2D eigenvalue weighted by Gasteiger charge is -2.33. The Morgan fingerprint density at radius 3 is 2.47 bits per heavy atom. The van der Waals surface area contributed by atoms with Crippen molar-refractivity contribution in [2.24, 2.45) is 5.92 Å². The zero-order valence-electron chi connectivity index (χ0n) is 18.9. The van der Waals surface area contributed by atoms with Crippen molar-refractivity contribution in [3.63, 3.8) is 0 Å². The lowest BCUT2D eigenvalue weighted by Crippen LogP contribution is -2.41. The summed E-state index contributed by atoms with van der Waals surface area (Å²) < 4.78 is 0. The summed E-state index contributed by atoms with van der Waals surface area (Å²) in [7, 11) is 2.19. The summed E-state index contributed by atoms with van der Waals surface area (Å²) in [5, 5.41) is 5.94. The lowest BCUT2D eigenvalue weighted by molar-refractivity contribution is -0.117. The fourth-order valence-electron chi connectivity index (χ4n) is 4.37. The average Bonchev–Trinajstić information content (AvgIpc) is 3.60. The first-order valence-corrected chi connectivity index (χ1v) is 11.7. The molecule has 170 valence electrons. The standard InChI is InChI=1S/C26H34N4O2/c1-29(17-20-6-3-2-4-7-20)18-21-12-14-30(15-13-21)19-25(31)27-24-9-5-8-22(16-24)26(32)28-23-10-11-23/h2-9,16,21,23H,10-15,17-19H2,1H3,(H,27,31)(H,28,32). The number of piperidine rings is 1. The van der Waals surface area contributed by atoms with E-state index < -0.39 is 0 Å². The van der Waals surface area contributed by atoms with Crippen molar-refractivity contribution in [1.29, 1.82) is 0 Å². The first kappa shape index (κ1) is 22.5. The molecule has 1 saturated heterocycles. The van der Waals surface area contributed by atoms with E-state index in [1.54, 1.807) is 12.1 Å². The summed E-state index contributed by atoms with van der Waals surface area (Å²) in [6, 6.07) is 18.1. The molecule has 2 aliphatic rings. The van der Waals surface area contributed by atoms with Gasteiger partial charge in [0.25, 0.3) is 5.91 Å². The number of hydrogen-bond acceptors (Lipinski definition) is 4. The van der Waals surface area contributed by atoms with Crippen LogP contribution >= 0.6 is 0 Å². The van der Waals surface area contributed by atoms with Gasteiger partial charge in [0.1, 0.15) is 0 Å². The van der Waals surface area contributed by atoms with E-state index in [1.807, 2.05) is 12.1 Å². The Balaban J connectivity index is 1.18. The van der Waals surface area contributed by atoms with Gasteiger partial charge < -0.3 is 15.5 Å². The number of anilines is 1. The molecule has 2 aromatic rings. The Morgan fingerprint density at radius 2 is 1.75 bits per heavy atom. The van der Waals surface area contributed by atoms with Crippen LogP contribution in [0, 0.1) is 5.92 Å². The van der Waals surface area contributed by atoms with Crippen molar-refractivity contribution in [2.45, 2.75) is 38.3 Å². The quantitative estimate of drug-likeness (QED) is 0.635. The van der Waals surface area contributed by atoms with Gasteiger partial charge in [-0.15, -0.1) is 0 Å². The van der Waals surface area contributed by atoms with E-state index in [1.165, 1.54) is 5.56 Å². The normalized spacial score (nSPS) is 17.3. The van der Waals surface area contributed by atoms with Gasteiger partial charge in [-0.3, -0.25) is 14.5 Å². The van der Waals surface area contributed by atoms with Gasteiger partial charge in [0.05, 0.1) is 6.54 Å². The second-order valence-corrected chi connectivity index (χ2v) is 9.28. The van der Waals surface area contributed by atoms with Gasteiger partial charge >= 0.3 is 0 Å².